The molecular formula is C37H29Cl4F9N8. The summed E-state index contributed by atoms with van der Waals surface area (Å²) in [7, 11) is 0. The molecule has 0 aliphatic carbocycles. The number of alkyl halides is 9. The van der Waals surface area contributed by atoms with Crippen molar-refractivity contribution in [2.75, 3.05) is 5.32 Å². The number of halogens is 13. The molecule has 0 radical (unpaired) electrons. The molecule has 0 saturated heterocycles. The molecule has 6 rings (SSSR count). The average molecular weight is 898 g/mol. The van der Waals surface area contributed by atoms with E-state index in [9.17, 15) is 39.5 Å². The SMILES string of the molecule is FC(F)(F)c1cnc(Cl)nc1CCc1ccccc1.FC(F)(F)c1cnc(Cl)nc1Cl.FC(F)(F)c1cnc(NCc2ccccc2)nc1Cl.NCc1ccccc1. The van der Waals surface area contributed by atoms with Gasteiger partial charge in [0.2, 0.25) is 16.5 Å². The van der Waals surface area contributed by atoms with Gasteiger partial charge in [-0.3, -0.25) is 0 Å². The van der Waals surface area contributed by atoms with Gasteiger partial charge < -0.3 is 11.1 Å². The minimum atomic E-state index is -4.55. The van der Waals surface area contributed by atoms with E-state index in [4.69, 9.17) is 52.1 Å². The lowest BCUT2D eigenvalue weighted by atomic mass is 10.1. The van der Waals surface area contributed by atoms with E-state index in [2.05, 4.69) is 35.2 Å². The molecule has 0 spiro atoms. The van der Waals surface area contributed by atoms with Crippen molar-refractivity contribution in [3.8, 4) is 0 Å². The lowest BCUT2D eigenvalue weighted by molar-refractivity contribution is -0.139. The molecule has 308 valence electrons. The van der Waals surface area contributed by atoms with Gasteiger partial charge in [-0.25, -0.2) is 29.9 Å². The fourth-order valence-electron chi connectivity index (χ4n) is 4.29. The highest BCUT2D eigenvalue weighted by Gasteiger charge is 2.36. The smallest absolute Gasteiger partial charge is 0.350 e. The number of rotatable bonds is 7. The van der Waals surface area contributed by atoms with Crippen LogP contribution in [0.3, 0.4) is 0 Å². The Labute approximate surface area is 345 Å². The van der Waals surface area contributed by atoms with Crippen molar-refractivity contribution in [2.45, 2.75) is 44.5 Å². The lowest BCUT2D eigenvalue weighted by Crippen LogP contribution is -2.12. The predicted octanol–water partition coefficient (Wildman–Crippen LogP) is 11.6. The van der Waals surface area contributed by atoms with Crippen LogP contribution in [-0.4, -0.2) is 29.9 Å². The van der Waals surface area contributed by atoms with Crippen molar-refractivity contribution >= 4 is 52.4 Å². The molecule has 58 heavy (non-hydrogen) atoms. The number of aromatic nitrogens is 6. The number of hydrogen-bond acceptors (Lipinski definition) is 8. The number of aryl methyl sites for hydroxylation is 2. The topological polar surface area (TPSA) is 115 Å². The Balaban J connectivity index is 0.000000217. The molecule has 0 aliphatic rings. The predicted molar refractivity (Wildman–Crippen MR) is 203 cm³/mol. The van der Waals surface area contributed by atoms with E-state index < -0.39 is 45.5 Å². The first-order valence-corrected chi connectivity index (χ1v) is 17.8. The molecule has 3 aromatic heterocycles. The minimum Gasteiger partial charge on any atom is -0.350 e. The van der Waals surface area contributed by atoms with E-state index in [1.165, 1.54) is 5.56 Å². The van der Waals surface area contributed by atoms with E-state index in [1.54, 1.807) is 0 Å². The molecular weight excluding hydrogens is 869 g/mol. The Kier molecular flexibility index (Phi) is 18.3. The molecule has 0 saturated carbocycles. The molecule has 3 heterocycles. The maximum Gasteiger partial charge on any atom is 0.420 e. The number of anilines is 1. The lowest BCUT2D eigenvalue weighted by Gasteiger charge is -2.11. The summed E-state index contributed by atoms with van der Waals surface area (Å²) in [4.78, 5) is 20.6. The Morgan fingerprint density at radius 2 is 0.897 bits per heavy atom. The number of benzene rings is 3. The van der Waals surface area contributed by atoms with Gasteiger partial charge >= 0.3 is 18.5 Å². The monoisotopic (exact) mass is 896 g/mol. The summed E-state index contributed by atoms with van der Waals surface area (Å²) in [5, 5.41) is 1.02. The largest absolute Gasteiger partial charge is 0.420 e. The molecule has 0 bridgehead atoms. The van der Waals surface area contributed by atoms with Crippen molar-refractivity contribution in [2.24, 2.45) is 5.73 Å². The van der Waals surface area contributed by atoms with Crippen molar-refractivity contribution in [1.29, 1.82) is 0 Å². The third-order valence-electron chi connectivity index (χ3n) is 7.07. The summed E-state index contributed by atoms with van der Waals surface area (Å²) in [5.74, 6) is 0.0573. The third kappa shape index (κ3) is 16.6. The first kappa shape index (κ1) is 47.6. The zero-order chi connectivity index (χ0) is 42.9. The van der Waals surface area contributed by atoms with E-state index in [1.807, 2.05) is 91.0 Å². The second-order valence-corrected chi connectivity index (χ2v) is 12.6. The van der Waals surface area contributed by atoms with Crippen LogP contribution in [0.2, 0.25) is 20.9 Å². The van der Waals surface area contributed by atoms with Gasteiger partial charge in [0.1, 0.15) is 21.4 Å². The van der Waals surface area contributed by atoms with Crippen LogP contribution < -0.4 is 11.1 Å². The quantitative estimate of drug-likeness (QED) is 0.0925. The zero-order valence-electron chi connectivity index (χ0n) is 29.4. The highest BCUT2D eigenvalue weighted by atomic mass is 35.5. The molecule has 0 atom stereocenters. The minimum absolute atomic E-state index is 0.0573. The Morgan fingerprint density at radius 1 is 0.483 bits per heavy atom. The summed E-state index contributed by atoms with van der Waals surface area (Å²) >= 11 is 21.4. The molecule has 0 unspecified atom stereocenters. The molecule has 8 nitrogen and oxygen atoms in total. The molecule has 3 N–H and O–H groups in total. The van der Waals surface area contributed by atoms with Gasteiger partial charge in [-0.15, -0.1) is 0 Å². The van der Waals surface area contributed by atoms with Gasteiger partial charge in [-0.1, -0.05) is 114 Å². The van der Waals surface area contributed by atoms with Gasteiger partial charge in [-0.05, 0) is 52.7 Å². The Bertz CT molecular complexity index is 2150. The molecule has 3 aromatic carbocycles. The highest BCUT2D eigenvalue weighted by Crippen LogP contribution is 2.35. The third-order valence-corrected chi connectivity index (χ3v) is 8.02. The van der Waals surface area contributed by atoms with Crippen LogP contribution in [0.5, 0.6) is 0 Å². The van der Waals surface area contributed by atoms with Crippen LogP contribution >= 0.6 is 46.4 Å². The fourth-order valence-corrected chi connectivity index (χ4v) is 5.09. The first-order valence-electron chi connectivity index (χ1n) is 16.3. The normalized spacial score (nSPS) is 11.2. The number of nitrogens with two attached hydrogens (primary N) is 1. The van der Waals surface area contributed by atoms with E-state index >= 15 is 0 Å². The van der Waals surface area contributed by atoms with Crippen LogP contribution in [-0.2, 0) is 44.5 Å². The van der Waals surface area contributed by atoms with Crippen molar-refractivity contribution in [1.82, 2.24) is 29.9 Å². The number of nitrogens with one attached hydrogen (secondary N) is 1. The molecule has 0 amide bonds. The molecule has 0 fully saturated rings. The van der Waals surface area contributed by atoms with E-state index in [0.717, 1.165) is 17.3 Å². The van der Waals surface area contributed by atoms with Gasteiger partial charge in [0.15, 0.2) is 0 Å². The van der Waals surface area contributed by atoms with Crippen LogP contribution in [0, 0.1) is 0 Å². The van der Waals surface area contributed by atoms with Gasteiger partial charge in [0.25, 0.3) is 0 Å². The average Bonchev–Trinajstić information content (AvgIpc) is 3.17. The summed E-state index contributed by atoms with van der Waals surface area (Å²) in [6.45, 7) is 1.05. The van der Waals surface area contributed by atoms with Crippen molar-refractivity contribution in [3.05, 3.63) is 170 Å². The maximum absolute atomic E-state index is 12.8. The number of hydrogen-bond donors (Lipinski definition) is 2. The van der Waals surface area contributed by atoms with Gasteiger partial charge in [-0.2, -0.15) is 39.5 Å². The Hall–Kier alpha value is -4.81. The Morgan fingerprint density at radius 3 is 1.33 bits per heavy atom. The maximum atomic E-state index is 12.8. The summed E-state index contributed by atoms with van der Waals surface area (Å²) in [6.07, 6.45) is -11.0. The highest BCUT2D eigenvalue weighted by molar-refractivity contribution is 6.32. The number of nitrogens with zero attached hydrogens (tertiary/aromatic N) is 6. The van der Waals surface area contributed by atoms with E-state index in [0.29, 0.717) is 31.9 Å². The van der Waals surface area contributed by atoms with Crippen LogP contribution in [0.1, 0.15) is 39.1 Å². The van der Waals surface area contributed by atoms with Crippen LogP contribution in [0.4, 0.5) is 45.5 Å². The summed E-state index contributed by atoms with van der Waals surface area (Å²) in [6, 6.07) is 28.6. The second-order valence-electron chi connectivity index (χ2n) is 11.2. The molecule has 0 aliphatic heterocycles. The van der Waals surface area contributed by atoms with Gasteiger partial charge in [0, 0.05) is 31.7 Å². The standard InChI is InChI=1S/C13H10ClF3N2.C12H9ClF3N3.C7H9N.C5HCl2F3N2/c14-12-18-8-10(13(15,16)17)11(19-12)7-6-9-4-2-1-3-5-9;13-10-9(12(14,15)16)7-18-11(19-10)17-6-8-4-2-1-3-5-8;8-6-7-4-2-1-3-5-7;6-3-2(5(8,9)10)1-11-4(7)12-3/h1-5,8H,6-7H2;1-5,7H,6H2,(H,17,18,19);1-5H,6,8H2;1H. The molecule has 21 heteroatoms. The summed E-state index contributed by atoms with van der Waals surface area (Å²) in [5.41, 5.74) is 5.42. The first-order chi connectivity index (χ1) is 27.3. The molecule has 6 aromatic rings. The zero-order valence-corrected chi connectivity index (χ0v) is 32.4. The van der Waals surface area contributed by atoms with Crippen LogP contribution in [0.25, 0.3) is 0 Å². The van der Waals surface area contributed by atoms with Crippen molar-refractivity contribution in [3.63, 3.8) is 0 Å². The van der Waals surface area contributed by atoms with E-state index in [-0.39, 0.29) is 28.6 Å². The summed E-state index contributed by atoms with van der Waals surface area (Å²) < 4.78 is 112. The van der Waals surface area contributed by atoms with Crippen molar-refractivity contribution < 1.29 is 39.5 Å². The van der Waals surface area contributed by atoms with Crippen LogP contribution in [0.15, 0.2) is 110 Å². The fraction of sp³-hybridized carbons (Fsp3) is 0.189. The second kappa shape index (κ2) is 22.4. The van der Waals surface area contributed by atoms with Gasteiger partial charge in [0.05, 0.1) is 11.3 Å².